The molecule has 0 bridgehead atoms. The molecule has 0 fully saturated rings. The van der Waals surface area contributed by atoms with Crippen LogP contribution in [0.2, 0.25) is 0 Å². The van der Waals surface area contributed by atoms with Crippen LogP contribution in [0.15, 0.2) is 6.07 Å². The van der Waals surface area contributed by atoms with Crippen molar-refractivity contribution in [2.45, 2.75) is 64.7 Å². The molecule has 1 aromatic rings. The number of carbonyl (C=O) groups is 1. The second-order valence-corrected chi connectivity index (χ2v) is 7.71. The second kappa shape index (κ2) is 8.09. The van der Waals surface area contributed by atoms with E-state index in [1.54, 1.807) is 6.07 Å². The fourth-order valence-electron chi connectivity index (χ4n) is 4.08. The molecule has 1 unspecified atom stereocenters. The van der Waals surface area contributed by atoms with Gasteiger partial charge in [0.25, 0.3) is 0 Å². The van der Waals surface area contributed by atoms with E-state index in [1.807, 2.05) is 13.8 Å². The minimum absolute atomic E-state index is 0.0987. The van der Waals surface area contributed by atoms with Crippen LogP contribution in [0.25, 0.3) is 0 Å². The van der Waals surface area contributed by atoms with Gasteiger partial charge in [0.2, 0.25) is 0 Å². The van der Waals surface area contributed by atoms with Crippen LogP contribution < -0.4 is 0 Å². The van der Waals surface area contributed by atoms with Crippen molar-refractivity contribution in [3.05, 3.63) is 22.8 Å². The van der Waals surface area contributed by atoms with Crippen LogP contribution in [0.5, 0.6) is 11.5 Å². The molecule has 1 aromatic carbocycles. The van der Waals surface area contributed by atoms with Gasteiger partial charge in [0.1, 0.15) is 5.56 Å². The molecular weight excluding hydrogens is 320 g/mol. The van der Waals surface area contributed by atoms with E-state index < -0.39 is 11.7 Å². The largest absolute Gasteiger partial charge is 0.504 e. The van der Waals surface area contributed by atoms with Crippen LogP contribution >= 0.6 is 0 Å². The van der Waals surface area contributed by atoms with E-state index >= 15 is 0 Å². The van der Waals surface area contributed by atoms with Gasteiger partial charge in [-0.1, -0.05) is 33.6 Å². The molecule has 0 spiro atoms. The van der Waals surface area contributed by atoms with Crippen LogP contribution in [-0.4, -0.2) is 33.0 Å². The lowest BCUT2D eigenvalue weighted by molar-refractivity contribution is 0.0692. The summed E-state index contributed by atoms with van der Waals surface area (Å²) in [5.41, 5.74) is 1.35. The summed E-state index contributed by atoms with van der Waals surface area (Å²) in [4.78, 5) is 11.4. The molecule has 4 atom stereocenters. The molecule has 2 rings (SSSR count). The lowest BCUT2D eigenvalue weighted by atomic mass is 9.70. The third-order valence-electron chi connectivity index (χ3n) is 5.73. The number of carboxylic acid groups (broad SMARTS) is 1. The van der Waals surface area contributed by atoms with Gasteiger partial charge in [0.15, 0.2) is 11.5 Å². The van der Waals surface area contributed by atoms with Crippen molar-refractivity contribution in [3.63, 3.8) is 0 Å². The fourth-order valence-corrected chi connectivity index (χ4v) is 4.08. The van der Waals surface area contributed by atoms with Crippen LogP contribution in [0.1, 0.15) is 86.2 Å². The van der Waals surface area contributed by atoms with Crippen molar-refractivity contribution in [2.75, 3.05) is 6.61 Å². The number of phenolic OH excluding ortho intramolecular Hbond substituents is 1. The average Bonchev–Trinajstić information content (AvgIpc) is 2.57. The monoisotopic (exact) mass is 350 g/mol. The second-order valence-electron chi connectivity index (χ2n) is 7.71. The topological polar surface area (TPSA) is 98.0 Å². The molecule has 5 nitrogen and oxygen atoms in total. The van der Waals surface area contributed by atoms with Crippen LogP contribution in [0, 0.1) is 11.8 Å². The summed E-state index contributed by atoms with van der Waals surface area (Å²) in [5.74, 6) is -1.09. The molecule has 0 saturated heterocycles. The maximum absolute atomic E-state index is 11.4. The Labute approximate surface area is 149 Å². The van der Waals surface area contributed by atoms with Gasteiger partial charge < -0.3 is 20.4 Å². The van der Waals surface area contributed by atoms with Crippen molar-refractivity contribution in [3.8, 4) is 11.5 Å². The van der Waals surface area contributed by atoms with Gasteiger partial charge >= 0.3 is 5.97 Å². The Morgan fingerprint density at radius 2 is 1.88 bits per heavy atom. The molecule has 140 valence electrons. The number of aromatic hydroxyl groups is 2. The summed E-state index contributed by atoms with van der Waals surface area (Å²) in [5, 5.41) is 38.9. The molecule has 1 aliphatic rings. The van der Waals surface area contributed by atoms with Gasteiger partial charge in [0.05, 0.1) is 0 Å². The predicted octanol–water partition coefficient (Wildman–Crippen LogP) is 4.21. The van der Waals surface area contributed by atoms with E-state index in [0.717, 1.165) is 37.7 Å². The van der Waals surface area contributed by atoms with Crippen LogP contribution in [0.3, 0.4) is 0 Å². The molecule has 0 aliphatic heterocycles. The number of aliphatic hydroxyl groups is 1. The van der Waals surface area contributed by atoms with E-state index in [4.69, 9.17) is 5.11 Å². The van der Waals surface area contributed by atoms with E-state index in [-0.39, 0.29) is 29.8 Å². The van der Waals surface area contributed by atoms with Gasteiger partial charge in [-0.15, -0.1) is 0 Å². The Bertz CT molecular complexity index is 625. The Morgan fingerprint density at radius 1 is 1.20 bits per heavy atom. The first-order valence-electron chi connectivity index (χ1n) is 9.20. The van der Waals surface area contributed by atoms with E-state index in [1.165, 1.54) is 0 Å². The zero-order chi connectivity index (χ0) is 18.7. The number of fused-ring (bicyclic) bond motifs is 1. The number of aromatic carboxylic acids is 1. The highest BCUT2D eigenvalue weighted by molar-refractivity contribution is 5.92. The number of benzene rings is 1. The molecule has 0 amide bonds. The number of carboxylic acids is 1. The van der Waals surface area contributed by atoms with Crippen molar-refractivity contribution in [2.24, 2.45) is 11.8 Å². The summed E-state index contributed by atoms with van der Waals surface area (Å²) in [6, 6.07) is 1.56. The van der Waals surface area contributed by atoms with Crippen LogP contribution in [-0.2, 0) is 0 Å². The molecule has 4 N–H and O–H groups in total. The molecule has 0 heterocycles. The lowest BCUT2D eigenvalue weighted by Gasteiger charge is -2.34. The third-order valence-corrected chi connectivity index (χ3v) is 5.73. The maximum Gasteiger partial charge on any atom is 0.339 e. The standard InChI is InChI=1S/C20H30O5/c1-11(10-21)5-4-6-12(2)14-8-7-13(3)17-15(14)9-16(20(24)25)18(22)19(17)23/h9,11-14,21-23H,4-8,10H2,1-3H3,(H,24,25)/t11?,12-,13+,14-/m0/s1. The van der Waals surface area contributed by atoms with Crippen LogP contribution in [0.4, 0.5) is 0 Å². The summed E-state index contributed by atoms with van der Waals surface area (Å²) >= 11 is 0. The normalized spacial score (nSPS) is 22.2. The van der Waals surface area contributed by atoms with E-state index in [9.17, 15) is 20.1 Å². The highest BCUT2D eigenvalue weighted by Gasteiger charge is 2.33. The first-order chi connectivity index (χ1) is 11.8. The van der Waals surface area contributed by atoms with Crippen molar-refractivity contribution >= 4 is 5.97 Å². The smallest absolute Gasteiger partial charge is 0.339 e. The number of hydrogen-bond donors (Lipinski definition) is 4. The first kappa shape index (κ1) is 19.6. The lowest BCUT2D eigenvalue weighted by Crippen LogP contribution is -2.20. The highest BCUT2D eigenvalue weighted by atomic mass is 16.4. The minimum Gasteiger partial charge on any atom is -0.504 e. The fraction of sp³-hybridized carbons (Fsp3) is 0.650. The molecule has 25 heavy (non-hydrogen) atoms. The zero-order valence-electron chi connectivity index (χ0n) is 15.3. The van der Waals surface area contributed by atoms with Gasteiger partial charge in [-0.25, -0.2) is 4.79 Å². The Balaban J connectivity index is 2.29. The SMILES string of the molecule is CC(CO)CCC[C@H](C)[C@@H]1CC[C@@H](C)c2c1cc(C(=O)O)c(O)c2O. The quantitative estimate of drug-likeness (QED) is 0.552. The Kier molecular flexibility index (Phi) is 6.33. The first-order valence-corrected chi connectivity index (χ1v) is 9.20. The number of aliphatic hydroxyl groups excluding tert-OH is 1. The van der Waals surface area contributed by atoms with Crippen molar-refractivity contribution in [1.82, 2.24) is 0 Å². The maximum atomic E-state index is 11.4. The molecule has 0 saturated carbocycles. The van der Waals surface area contributed by atoms with E-state index in [2.05, 4.69) is 6.92 Å². The molecule has 5 heteroatoms. The number of hydrogen-bond acceptors (Lipinski definition) is 4. The summed E-state index contributed by atoms with van der Waals surface area (Å²) in [6.07, 6.45) is 4.84. The van der Waals surface area contributed by atoms with E-state index in [0.29, 0.717) is 17.4 Å². The van der Waals surface area contributed by atoms with Gasteiger partial charge in [0, 0.05) is 12.2 Å². The summed E-state index contributed by atoms with van der Waals surface area (Å²) in [6.45, 7) is 6.40. The highest BCUT2D eigenvalue weighted by Crippen LogP contribution is 2.50. The summed E-state index contributed by atoms with van der Waals surface area (Å²) < 4.78 is 0. The molecular formula is C20H30O5. The van der Waals surface area contributed by atoms with Gasteiger partial charge in [-0.2, -0.15) is 0 Å². The molecule has 0 aromatic heterocycles. The molecule has 1 aliphatic carbocycles. The number of phenols is 2. The Hall–Kier alpha value is -1.75. The van der Waals surface area contributed by atoms with Crippen molar-refractivity contribution in [1.29, 1.82) is 0 Å². The third kappa shape index (κ3) is 4.09. The number of rotatable bonds is 7. The summed E-state index contributed by atoms with van der Waals surface area (Å²) in [7, 11) is 0. The predicted molar refractivity (Wildman–Crippen MR) is 96.4 cm³/mol. The molecule has 0 radical (unpaired) electrons. The minimum atomic E-state index is -1.22. The van der Waals surface area contributed by atoms with Gasteiger partial charge in [-0.3, -0.25) is 0 Å². The average molecular weight is 350 g/mol. The van der Waals surface area contributed by atoms with Gasteiger partial charge in [-0.05, 0) is 54.6 Å². The zero-order valence-corrected chi connectivity index (χ0v) is 15.3. The Morgan fingerprint density at radius 3 is 2.48 bits per heavy atom. The van der Waals surface area contributed by atoms with Crippen molar-refractivity contribution < 1.29 is 25.2 Å².